The van der Waals surface area contributed by atoms with Crippen LogP contribution in [0.1, 0.15) is 39.2 Å². The van der Waals surface area contributed by atoms with E-state index in [1.165, 1.54) is 12.3 Å². The van der Waals surface area contributed by atoms with Gasteiger partial charge in [0, 0.05) is 17.7 Å². The van der Waals surface area contributed by atoms with Gasteiger partial charge in [-0.25, -0.2) is 17.6 Å². The first-order chi connectivity index (χ1) is 13.2. The average Bonchev–Trinajstić information content (AvgIpc) is 2.57. The van der Waals surface area contributed by atoms with Crippen LogP contribution < -0.4 is 11.1 Å². The highest BCUT2D eigenvalue weighted by molar-refractivity contribution is 5.77. The molecule has 0 fully saturated rings. The number of benzene rings is 1. The molecule has 6 heteroatoms. The second-order valence-electron chi connectivity index (χ2n) is 6.15. The molecule has 0 radical (unpaired) electrons. The van der Waals surface area contributed by atoms with Gasteiger partial charge in [0.25, 0.3) is 0 Å². The third kappa shape index (κ3) is 6.44. The van der Waals surface area contributed by atoms with E-state index >= 15 is 0 Å². The largest absolute Gasteiger partial charge is 0.399 e. The standard InChI is InChI=1S/C22H26F4N2/c1-5-8-15(9-6-2)17(10-14(4)11-20(25)26)22(28-7-3)21-18(23)12-16(27)13-19(21)24/h5,7-10,12-13,20,28H,3,6,11,27H2,1-2,4H3/b8-5-,14-10-,15-9+,22-17+. The van der Waals surface area contributed by atoms with Gasteiger partial charge in [-0.05, 0) is 44.2 Å². The summed E-state index contributed by atoms with van der Waals surface area (Å²) >= 11 is 0. The SMILES string of the molecule is C=CN/C(=C(\C=C(\C)CC(F)F)C(/C=C\C)=C/CC)c1c(F)cc(N)cc1F. The van der Waals surface area contributed by atoms with Gasteiger partial charge in [0.1, 0.15) is 11.6 Å². The van der Waals surface area contributed by atoms with Crippen molar-refractivity contribution in [3.05, 3.63) is 83.1 Å². The van der Waals surface area contributed by atoms with Crippen molar-refractivity contribution >= 4 is 11.4 Å². The van der Waals surface area contributed by atoms with Crippen LogP contribution in [0.15, 0.2) is 65.9 Å². The van der Waals surface area contributed by atoms with Crippen molar-refractivity contribution in [3.8, 4) is 0 Å². The van der Waals surface area contributed by atoms with Gasteiger partial charge >= 0.3 is 0 Å². The van der Waals surface area contributed by atoms with Crippen LogP contribution in [-0.2, 0) is 0 Å². The molecule has 0 aliphatic carbocycles. The lowest BCUT2D eigenvalue weighted by Crippen LogP contribution is -2.12. The van der Waals surface area contributed by atoms with Gasteiger partial charge in [0.05, 0.1) is 11.3 Å². The van der Waals surface area contributed by atoms with Crippen LogP contribution >= 0.6 is 0 Å². The van der Waals surface area contributed by atoms with Crippen molar-refractivity contribution < 1.29 is 17.6 Å². The molecule has 0 bridgehead atoms. The molecule has 0 saturated heterocycles. The number of hydrogen-bond donors (Lipinski definition) is 2. The number of allylic oxidation sites excluding steroid dienone is 7. The molecule has 28 heavy (non-hydrogen) atoms. The lowest BCUT2D eigenvalue weighted by molar-refractivity contribution is 0.149. The summed E-state index contributed by atoms with van der Waals surface area (Å²) in [6.45, 7) is 8.82. The van der Waals surface area contributed by atoms with Crippen molar-refractivity contribution in [1.82, 2.24) is 5.32 Å². The first kappa shape index (κ1) is 23.3. The summed E-state index contributed by atoms with van der Waals surface area (Å²) in [7, 11) is 0. The first-order valence-corrected chi connectivity index (χ1v) is 8.90. The van der Waals surface area contributed by atoms with Crippen molar-refractivity contribution in [2.24, 2.45) is 0 Å². The first-order valence-electron chi connectivity index (χ1n) is 8.90. The molecular weight excluding hydrogens is 368 g/mol. The zero-order chi connectivity index (χ0) is 21.3. The summed E-state index contributed by atoms with van der Waals surface area (Å²) in [6.07, 6.45) is 5.81. The molecule has 0 heterocycles. The number of nitrogen functional groups attached to an aromatic ring is 1. The lowest BCUT2D eigenvalue weighted by Gasteiger charge is -2.17. The molecule has 0 amide bonds. The van der Waals surface area contributed by atoms with Crippen molar-refractivity contribution in [2.45, 2.75) is 40.0 Å². The molecule has 0 saturated carbocycles. The molecule has 152 valence electrons. The minimum Gasteiger partial charge on any atom is -0.399 e. The summed E-state index contributed by atoms with van der Waals surface area (Å²) in [6, 6.07) is 2.02. The minimum absolute atomic E-state index is 0.0551. The molecule has 2 nitrogen and oxygen atoms in total. The van der Waals surface area contributed by atoms with Crippen LogP contribution in [-0.4, -0.2) is 6.43 Å². The fraction of sp³-hybridized carbons (Fsp3) is 0.273. The fourth-order valence-electron chi connectivity index (χ4n) is 2.73. The Morgan fingerprint density at radius 1 is 1.25 bits per heavy atom. The zero-order valence-corrected chi connectivity index (χ0v) is 16.3. The monoisotopic (exact) mass is 394 g/mol. The van der Waals surface area contributed by atoms with Gasteiger partial charge in [-0.1, -0.05) is 43.4 Å². The molecule has 0 aliphatic rings. The Hall–Kier alpha value is -2.76. The van der Waals surface area contributed by atoms with Crippen LogP contribution in [0.2, 0.25) is 0 Å². The molecule has 1 aromatic rings. The second kappa shape index (κ2) is 11.2. The molecule has 1 aromatic carbocycles. The highest BCUT2D eigenvalue weighted by atomic mass is 19.3. The Morgan fingerprint density at radius 3 is 2.32 bits per heavy atom. The number of nitrogens with one attached hydrogen (secondary N) is 1. The number of halogens is 4. The van der Waals surface area contributed by atoms with Crippen LogP contribution in [0.25, 0.3) is 5.70 Å². The van der Waals surface area contributed by atoms with E-state index in [-0.39, 0.29) is 16.9 Å². The Labute approximate surface area is 163 Å². The normalized spacial score (nSPS) is 13.9. The maximum absolute atomic E-state index is 14.6. The molecule has 0 aliphatic heterocycles. The van der Waals surface area contributed by atoms with Crippen molar-refractivity contribution in [3.63, 3.8) is 0 Å². The average molecular weight is 394 g/mol. The van der Waals surface area contributed by atoms with Gasteiger partial charge in [-0.3, -0.25) is 0 Å². The van der Waals surface area contributed by atoms with Gasteiger partial charge in [0.2, 0.25) is 6.43 Å². The summed E-state index contributed by atoms with van der Waals surface area (Å²) in [5, 5.41) is 2.77. The Bertz CT molecular complexity index is 795. The summed E-state index contributed by atoms with van der Waals surface area (Å²) < 4.78 is 54.9. The third-order valence-electron chi connectivity index (χ3n) is 3.78. The summed E-state index contributed by atoms with van der Waals surface area (Å²) in [5.74, 6) is -1.73. The number of nitrogens with two attached hydrogens (primary N) is 1. The van der Waals surface area contributed by atoms with Gasteiger partial charge < -0.3 is 11.1 Å². The maximum Gasteiger partial charge on any atom is 0.242 e. The van der Waals surface area contributed by atoms with E-state index in [2.05, 4.69) is 11.9 Å². The van der Waals surface area contributed by atoms with Crippen molar-refractivity contribution in [2.75, 3.05) is 5.73 Å². The molecule has 3 N–H and O–H groups in total. The zero-order valence-electron chi connectivity index (χ0n) is 16.3. The van der Waals surface area contributed by atoms with Gasteiger partial charge in [-0.15, -0.1) is 0 Å². The van der Waals surface area contributed by atoms with Crippen LogP contribution in [0.4, 0.5) is 23.2 Å². The van der Waals surface area contributed by atoms with E-state index in [0.29, 0.717) is 23.1 Å². The fourth-order valence-corrected chi connectivity index (χ4v) is 2.73. The molecular formula is C22H26F4N2. The Morgan fingerprint density at radius 2 is 1.86 bits per heavy atom. The summed E-state index contributed by atoms with van der Waals surface area (Å²) in [4.78, 5) is 0. The molecule has 0 unspecified atom stereocenters. The molecule has 0 atom stereocenters. The van der Waals surface area contributed by atoms with Crippen molar-refractivity contribution in [1.29, 1.82) is 0 Å². The van der Waals surface area contributed by atoms with E-state index in [1.54, 1.807) is 26.0 Å². The second-order valence-corrected chi connectivity index (χ2v) is 6.15. The Kier molecular flexibility index (Phi) is 9.28. The molecule has 1 rings (SSSR count). The third-order valence-corrected chi connectivity index (χ3v) is 3.78. The van der Waals surface area contributed by atoms with Crippen LogP contribution in [0.5, 0.6) is 0 Å². The number of anilines is 1. The van der Waals surface area contributed by atoms with Gasteiger partial charge in [-0.2, -0.15) is 0 Å². The van der Waals surface area contributed by atoms with E-state index in [0.717, 1.165) is 12.1 Å². The van der Waals surface area contributed by atoms with E-state index in [4.69, 9.17) is 5.73 Å². The topological polar surface area (TPSA) is 38.0 Å². The Balaban J connectivity index is 3.92. The smallest absolute Gasteiger partial charge is 0.242 e. The highest BCUT2D eigenvalue weighted by Gasteiger charge is 2.19. The molecule has 0 aromatic heterocycles. The number of alkyl halides is 2. The molecule has 0 spiro atoms. The van der Waals surface area contributed by atoms with E-state index in [1.807, 2.05) is 13.0 Å². The number of hydrogen-bond acceptors (Lipinski definition) is 2. The highest BCUT2D eigenvalue weighted by Crippen LogP contribution is 2.31. The van der Waals surface area contributed by atoms with Crippen LogP contribution in [0, 0.1) is 11.6 Å². The number of rotatable bonds is 9. The lowest BCUT2D eigenvalue weighted by atomic mass is 9.94. The summed E-state index contributed by atoms with van der Waals surface area (Å²) in [5.41, 5.74) is 6.59. The quantitative estimate of drug-likeness (QED) is 0.285. The maximum atomic E-state index is 14.6. The van der Waals surface area contributed by atoms with E-state index < -0.39 is 24.5 Å². The predicted molar refractivity (Wildman–Crippen MR) is 109 cm³/mol. The van der Waals surface area contributed by atoms with Gasteiger partial charge in [0.15, 0.2) is 0 Å². The predicted octanol–water partition coefficient (Wildman–Crippen LogP) is 6.51. The van der Waals surface area contributed by atoms with E-state index in [9.17, 15) is 17.6 Å². The van der Waals surface area contributed by atoms with Crippen LogP contribution in [0.3, 0.4) is 0 Å². The minimum atomic E-state index is -2.53.